The Bertz CT molecular complexity index is 1370. The Hall–Kier alpha value is -2.08. The smallest absolute Gasteiger partial charge is 0.338 e. The zero-order valence-corrected chi connectivity index (χ0v) is 30.9. The summed E-state index contributed by atoms with van der Waals surface area (Å²) >= 11 is 0. The van der Waals surface area contributed by atoms with Crippen LogP contribution in [0.5, 0.6) is 0 Å². The van der Waals surface area contributed by atoms with Gasteiger partial charge in [0.15, 0.2) is 13.9 Å². The highest BCUT2D eigenvalue weighted by molar-refractivity contribution is 6.73. The third-order valence-electron chi connectivity index (χ3n) is 13.1. The van der Waals surface area contributed by atoms with Crippen LogP contribution in [0.15, 0.2) is 41.5 Å². The summed E-state index contributed by atoms with van der Waals surface area (Å²) in [5, 5.41) is 26.3. The van der Waals surface area contributed by atoms with Crippen molar-refractivity contribution < 1.29 is 43.2 Å². The lowest BCUT2D eigenvalue weighted by Gasteiger charge is -2.70. The Morgan fingerprint density at radius 1 is 1.06 bits per heavy atom. The van der Waals surface area contributed by atoms with Crippen LogP contribution in [0.25, 0.3) is 0 Å². The second kappa shape index (κ2) is 12.7. The third kappa shape index (κ3) is 5.28. The van der Waals surface area contributed by atoms with Crippen molar-refractivity contribution in [2.75, 3.05) is 13.7 Å². The van der Waals surface area contributed by atoms with Crippen LogP contribution in [0.2, 0.25) is 18.1 Å². The maximum atomic E-state index is 14.1. The van der Waals surface area contributed by atoms with Gasteiger partial charge in [0, 0.05) is 43.6 Å². The van der Waals surface area contributed by atoms with Gasteiger partial charge in [0.25, 0.3) is 0 Å². The fourth-order valence-corrected chi connectivity index (χ4v) is 13.1. The molecule has 262 valence electrons. The van der Waals surface area contributed by atoms with Crippen molar-refractivity contribution in [3.63, 3.8) is 0 Å². The third-order valence-corrected chi connectivity index (χ3v) is 17.7. The predicted molar refractivity (Wildman–Crippen MR) is 180 cm³/mol. The van der Waals surface area contributed by atoms with Crippen molar-refractivity contribution >= 4 is 20.3 Å². The van der Waals surface area contributed by atoms with Gasteiger partial charge < -0.3 is 33.6 Å². The van der Waals surface area contributed by atoms with Gasteiger partial charge in [0.2, 0.25) is 0 Å². The maximum absolute atomic E-state index is 14.1. The van der Waals surface area contributed by atoms with Gasteiger partial charge in [-0.3, -0.25) is 4.79 Å². The number of hydrogen-bond donors (Lipinski definition) is 2. The minimum Gasteiger partial charge on any atom is -0.455 e. The van der Waals surface area contributed by atoms with E-state index >= 15 is 0 Å². The zero-order chi connectivity index (χ0) is 34.7. The van der Waals surface area contributed by atoms with Gasteiger partial charge in [0.1, 0.15) is 17.8 Å². The molecule has 3 fully saturated rings. The lowest BCUT2D eigenvalue weighted by Crippen LogP contribution is -2.82. The van der Waals surface area contributed by atoms with Crippen molar-refractivity contribution in [2.24, 2.45) is 22.7 Å². The fourth-order valence-electron chi connectivity index (χ4n) is 10.1. The lowest BCUT2D eigenvalue weighted by atomic mass is 9.43. The number of fused-ring (bicyclic) bond motifs is 5. The van der Waals surface area contributed by atoms with E-state index in [1.165, 1.54) is 6.92 Å². The minimum absolute atomic E-state index is 0.0502. The van der Waals surface area contributed by atoms with Crippen LogP contribution < -0.4 is 0 Å². The van der Waals surface area contributed by atoms with E-state index in [4.69, 9.17) is 23.4 Å². The van der Waals surface area contributed by atoms with Crippen LogP contribution >= 0.6 is 0 Å². The fraction of sp³-hybridized carbons (Fsp3) is 0.730. The van der Waals surface area contributed by atoms with E-state index in [-0.39, 0.29) is 13.0 Å². The van der Waals surface area contributed by atoms with Gasteiger partial charge in [-0.2, -0.15) is 0 Å². The number of rotatable bonds is 9. The summed E-state index contributed by atoms with van der Waals surface area (Å²) in [6, 6.07) is 11.4. The van der Waals surface area contributed by atoms with Crippen LogP contribution in [-0.4, -0.2) is 85.9 Å². The molecule has 5 rings (SSSR count). The molecular weight excluding hydrogens is 616 g/mol. The molecule has 1 aliphatic heterocycles. The summed E-state index contributed by atoms with van der Waals surface area (Å²) in [6.45, 7) is 17.8. The first kappa shape index (κ1) is 36.2. The molecule has 1 aromatic carbocycles. The van der Waals surface area contributed by atoms with Gasteiger partial charge in [-0.25, -0.2) is 4.79 Å². The van der Waals surface area contributed by atoms with Gasteiger partial charge >= 0.3 is 11.9 Å². The van der Waals surface area contributed by atoms with Crippen LogP contribution in [0.3, 0.4) is 0 Å². The number of esters is 2. The molecule has 9 nitrogen and oxygen atoms in total. The van der Waals surface area contributed by atoms with E-state index in [2.05, 4.69) is 20.8 Å². The number of aliphatic hydroxyl groups excluding tert-OH is 1. The highest BCUT2D eigenvalue weighted by atomic mass is 28.4. The predicted octanol–water partition coefficient (Wildman–Crippen LogP) is 5.83. The summed E-state index contributed by atoms with van der Waals surface area (Å²) in [6.07, 6.45) is -3.31. The van der Waals surface area contributed by atoms with Crippen LogP contribution in [0, 0.1) is 22.7 Å². The van der Waals surface area contributed by atoms with Crippen molar-refractivity contribution in [2.45, 2.75) is 135 Å². The maximum Gasteiger partial charge on any atom is 0.338 e. The quantitative estimate of drug-likeness (QED) is 0.190. The molecule has 1 heterocycles. The molecule has 1 saturated heterocycles. The van der Waals surface area contributed by atoms with Gasteiger partial charge in [-0.15, -0.1) is 0 Å². The van der Waals surface area contributed by atoms with Crippen molar-refractivity contribution in [3.8, 4) is 0 Å². The Morgan fingerprint density at radius 2 is 1.68 bits per heavy atom. The molecule has 0 spiro atoms. The average Bonchev–Trinajstić information content (AvgIpc) is 3.04. The number of hydrogen-bond acceptors (Lipinski definition) is 9. The minimum atomic E-state index is -2.28. The molecule has 2 N–H and O–H groups in total. The Balaban J connectivity index is 1.84. The number of ether oxygens (including phenoxy) is 4. The SMILES string of the molecule is CC[Si](CC)(CC)OC1C[C@H]2OC[C@@]2(OC(C)=O)[C@H]2[C@H](OC(=O)c3ccccc3)[C@]3(O)CC(OC)C(C)=C([C@H](C)[C@H](O)[C@]12C)C3(C)C. The first-order chi connectivity index (χ1) is 22.0. The lowest BCUT2D eigenvalue weighted by molar-refractivity contribution is -0.362. The Morgan fingerprint density at radius 3 is 2.19 bits per heavy atom. The van der Waals surface area contributed by atoms with Crippen LogP contribution in [0.1, 0.15) is 85.5 Å². The van der Waals surface area contributed by atoms with E-state index in [0.717, 1.165) is 29.3 Å². The van der Waals surface area contributed by atoms with Crippen molar-refractivity contribution in [3.05, 3.63) is 47.0 Å². The van der Waals surface area contributed by atoms with Crippen molar-refractivity contribution in [1.82, 2.24) is 0 Å². The van der Waals surface area contributed by atoms with E-state index in [0.29, 0.717) is 12.0 Å². The molecule has 2 bridgehead atoms. The van der Waals surface area contributed by atoms with E-state index in [9.17, 15) is 19.8 Å². The second-order valence-electron chi connectivity index (χ2n) is 15.3. The monoisotopic (exact) mass is 672 g/mol. The summed E-state index contributed by atoms with van der Waals surface area (Å²) < 4.78 is 32.5. The number of carbonyl (C=O) groups excluding carboxylic acids is 2. The summed E-state index contributed by atoms with van der Waals surface area (Å²) in [5.41, 5.74) is -2.92. The first-order valence-electron chi connectivity index (χ1n) is 17.4. The van der Waals surface area contributed by atoms with Crippen LogP contribution in [0.4, 0.5) is 0 Å². The van der Waals surface area contributed by atoms with E-state index < -0.39 is 84.6 Å². The highest BCUT2D eigenvalue weighted by Gasteiger charge is 2.77. The Kier molecular flexibility index (Phi) is 9.76. The normalized spacial score (nSPS) is 39.4. The molecule has 0 radical (unpaired) electrons. The standard InChI is InChI=1S/C37H56O9Si/c1-11-47(12-2,13-3)46-27-19-28-36(21-43-28,45-24(6)38)30-32(44-33(40)25-17-15-14-16-18-25)37(41)20-26(42-10)22(4)29(34(37,7)8)23(5)31(39)35(27,30)9/h14-18,23,26-28,30-32,39,41H,11-13,19-21H2,1-10H3/t23-,26?,27?,28+,30-,31-,32-,35+,36-,37+/m0/s1. The second-order valence-corrected chi connectivity index (χ2v) is 20.0. The van der Waals surface area contributed by atoms with E-state index in [1.54, 1.807) is 31.4 Å². The molecule has 0 amide bonds. The van der Waals surface area contributed by atoms with Crippen LogP contribution in [-0.2, 0) is 28.2 Å². The Labute approximate surface area is 281 Å². The van der Waals surface area contributed by atoms with Gasteiger partial charge in [-0.05, 0) is 42.8 Å². The number of methoxy groups -OCH3 is 1. The summed E-state index contributed by atoms with van der Waals surface area (Å²) in [7, 11) is -0.673. The molecule has 10 atom stereocenters. The molecule has 1 aromatic rings. The van der Waals surface area contributed by atoms with Gasteiger partial charge in [-0.1, -0.05) is 72.2 Å². The topological polar surface area (TPSA) is 121 Å². The zero-order valence-electron chi connectivity index (χ0n) is 29.9. The number of benzene rings is 1. The molecule has 47 heavy (non-hydrogen) atoms. The molecule has 2 saturated carbocycles. The largest absolute Gasteiger partial charge is 0.455 e. The molecular formula is C37H56O9Si. The number of aliphatic hydroxyl groups is 2. The molecule has 10 heteroatoms. The molecule has 4 aliphatic rings. The first-order valence-corrected chi connectivity index (χ1v) is 20.0. The van der Waals surface area contributed by atoms with E-state index in [1.807, 2.05) is 40.7 Å². The summed E-state index contributed by atoms with van der Waals surface area (Å²) in [4.78, 5) is 27.1. The summed E-state index contributed by atoms with van der Waals surface area (Å²) in [5.74, 6) is -2.44. The van der Waals surface area contributed by atoms with Crippen molar-refractivity contribution in [1.29, 1.82) is 0 Å². The van der Waals surface area contributed by atoms with Gasteiger partial charge in [0.05, 0.1) is 36.4 Å². The molecule has 3 aliphatic carbocycles. The molecule has 2 unspecified atom stereocenters. The highest BCUT2D eigenvalue weighted by Crippen LogP contribution is 2.66. The average molecular weight is 673 g/mol. The number of carbonyl (C=O) groups is 2. The molecule has 0 aromatic heterocycles.